The second kappa shape index (κ2) is 5.25. The number of halogens is 1. The fourth-order valence-corrected chi connectivity index (χ4v) is 2.70. The van der Waals surface area contributed by atoms with Gasteiger partial charge in [0.1, 0.15) is 17.7 Å². The van der Waals surface area contributed by atoms with Gasteiger partial charge in [0.2, 0.25) is 0 Å². The molecule has 1 fully saturated rings. The predicted molar refractivity (Wildman–Crippen MR) is 77.9 cm³/mol. The number of fused-ring (bicyclic) bond motifs is 1. The summed E-state index contributed by atoms with van der Waals surface area (Å²) >= 11 is 0. The normalized spacial score (nSPS) is 19.0. The maximum absolute atomic E-state index is 13.5. The first-order valence-electron chi connectivity index (χ1n) is 6.72. The van der Waals surface area contributed by atoms with Gasteiger partial charge in [0.15, 0.2) is 0 Å². The highest BCUT2D eigenvalue weighted by molar-refractivity contribution is 5.95. The molecule has 6 nitrogen and oxygen atoms in total. The summed E-state index contributed by atoms with van der Waals surface area (Å²) in [5.74, 6) is -0.434. The third-order valence-electron chi connectivity index (χ3n) is 3.75. The van der Waals surface area contributed by atoms with E-state index in [0.717, 1.165) is 19.5 Å². The molecule has 3 rings (SSSR count). The Kier molecular flexibility index (Phi) is 3.42. The zero-order chi connectivity index (χ0) is 15.0. The van der Waals surface area contributed by atoms with Crippen molar-refractivity contribution in [2.45, 2.75) is 12.5 Å². The average Bonchev–Trinajstić information content (AvgIpc) is 2.84. The third kappa shape index (κ3) is 2.64. The summed E-state index contributed by atoms with van der Waals surface area (Å²) in [4.78, 5) is 16.9. The quantitative estimate of drug-likeness (QED) is 0.694. The fraction of sp³-hybridized carbons (Fsp3) is 0.357. The number of hydrogen-bond acceptors (Lipinski definition) is 5. The molecule has 0 saturated carbocycles. The molecule has 7 heteroatoms. The second-order valence-corrected chi connectivity index (χ2v) is 5.33. The van der Waals surface area contributed by atoms with Crippen LogP contribution in [0.3, 0.4) is 0 Å². The maximum atomic E-state index is 13.5. The van der Waals surface area contributed by atoms with Crippen LogP contribution in [0.4, 0.5) is 15.8 Å². The summed E-state index contributed by atoms with van der Waals surface area (Å²) in [6, 6.07) is 4.23. The summed E-state index contributed by atoms with van der Waals surface area (Å²) in [6.07, 6.45) is 2.12. The molecule has 1 aliphatic rings. The van der Waals surface area contributed by atoms with Crippen LogP contribution in [0, 0.1) is 15.9 Å². The van der Waals surface area contributed by atoms with E-state index in [1.807, 2.05) is 7.05 Å². The Labute approximate surface area is 120 Å². The highest BCUT2D eigenvalue weighted by Gasteiger charge is 2.25. The SMILES string of the molecule is CN1CC[C@@H](Nc2c([N+](=O)[O-])cnc3ccc(F)cc23)C1. The third-order valence-corrected chi connectivity index (χ3v) is 3.75. The van der Waals surface area contributed by atoms with Crippen LogP contribution in [0.2, 0.25) is 0 Å². The molecule has 0 spiro atoms. The lowest BCUT2D eigenvalue weighted by Gasteiger charge is -2.16. The van der Waals surface area contributed by atoms with Crippen molar-refractivity contribution in [3.8, 4) is 0 Å². The molecule has 1 aliphatic heterocycles. The second-order valence-electron chi connectivity index (χ2n) is 5.33. The molecule has 1 atom stereocenters. The van der Waals surface area contributed by atoms with Crippen LogP contribution in [0.15, 0.2) is 24.4 Å². The van der Waals surface area contributed by atoms with E-state index < -0.39 is 10.7 Å². The Morgan fingerprint density at radius 1 is 1.52 bits per heavy atom. The van der Waals surface area contributed by atoms with Crippen LogP contribution in [0.5, 0.6) is 0 Å². The zero-order valence-electron chi connectivity index (χ0n) is 11.5. The van der Waals surface area contributed by atoms with E-state index in [1.54, 1.807) is 0 Å². The van der Waals surface area contributed by atoms with Gasteiger partial charge in [-0.05, 0) is 38.2 Å². The van der Waals surface area contributed by atoms with Gasteiger partial charge in [-0.15, -0.1) is 0 Å². The van der Waals surface area contributed by atoms with E-state index in [4.69, 9.17) is 0 Å². The van der Waals surface area contributed by atoms with Crippen LogP contribution < -0.4 is 5.32 Å². The first-order chi connectivity index (χ1) is 10.0. The number of pyridine rings is 1. The average molecular weight is 290 g/mol. The summed E-state index contributed by atoms with van der Waals surface area (Å²) < 4.78 is 13.5. The Morgan fingerprint density at radius 3 is 3.00 bits per heavy atom. The molecule has 2 aromatic rings. The first-order valence-corrected chi connectivity index (χ1v) is 6.72. The van der Waals surface area contributed by atoms with Crippen LogP contribution in [0.1, 0.15) is 6.42 Å². The van der Waals surface area contributed by atoms with Crippen molar-refractivity contribution in [1.29, 1.82) is 0 Å². The highest BCUT2D eigenvalue weighted by atomic mass is 19.1. The number of likely N-dealkylation sites (N-methyl/N-ethyl adjacent to an activating group) is 1. The molecule has 1 aromatic heterocycles. The number of anilines is 1. The summed E-state index contributed by atoms with van der Waals surface area (Å²) in [5, 5.41) is 14.9. The molecule has 1 saturated heterocycles. The number of nitrogens with zero attached hydrogens (tertiary/aromatic N) is 3. The molecule has 0 unspecified atom stereocenters. The smallest absolute Gasteiger partial charge is 0.311 e. The van der Waals surface area contributed by atoms with Crippen molar-refractivity contribution in [3.05, 3.63) is 40.3 Å². The van der Waals surface area contributed by atoms with Crippen molar-refractivity contribution in [3.63, 3.8) is 0 Å². The minimum atomic E-state index is -0.488. The van der Waals surface area contributed by atoms with E-state index in [1.165, 1.54) is 24.4 Å². The maximum Gasteiger partial charge on any atom is 0.311 e. The molecule has 2 heterocycles. The van der Waals surface area contributed by atoms with Crippen molar-refractivity contribution in [2.75, 3.05) is 25.5 Å². The van der Waals surface area contributed by atoms with Crippen molar-refractivity contribution >= 4 is 22.3 Å². The summed E-state index contributed by atoms with van der Waals surface area (Å²) in [6.45, 7) is 1.74. The predicted octanol–water partition coefficient (Wildman–Crippen LogP) is 2.40. The van der Waals surface area contributed by atoms with Gasteiger partial charge in [-0.25, -0.2) is 9.37 Å². The Morgan fingerprint density at radius 2 is 2.33 bits per heavy atom. The number of rotatable bonds is 3. The molecule has 1 N–H and O–H groups in total. The van der Waals surface area contributed by atoms with Gasteiger partial charge in [0, 0.05) is 18.0 Å². The van der Waals surface area contributed by atoms with Gasteiger partial charge >= 0.3 is 5.69 Å². The number of hydrogen-bond donors (Lipinski definition) is 1. The zero-order valence-corrected chi connectivity index (χ0v) is 11.5. The topological polar surface area (TPSA) is 71.3 Å². The largest absolute Gasteiger partial charge is 0.375 e. The Hall–Kier alpha value is -2.28. The van der Waals surface area contributed by atoms with Gasteiger partial charge in [0.25, 0.3) is 0 Å². The lowest BCUT2D eigenvalue weighted by molar-refractivity contribution is -0.384. The monoisotopic (exact) mass is 290 g/mol. The molecule has 1 aromatic carbocycles. The summed E-state index contributed by atoms with van der Waals surface area (Å²) in [5.41, 5.74) is 0.767. The highest BCUT2D eigenvalue weighted by Crippen LogP contribution is 2.33. The van der Waals surface area contributed by atoms with Gasteiger partial charge in [-0.1, -0.05) is 0 Å². The molecule has 0 radical (unpaired) electrons. The van der Waals surface area contributed by atoms with Crippen LogP contribution in [-0.2, 0) is 0 Å². The van der Waals surface area contributed by atoms with Gasteiger partial charge in [0.05, 0.1) is 10.4 Å². The van der Waals surface area contributed by atoms with Crippen molar-refractivity contribution < 1.29 is 9.31 Å². The Bertz CT molecular complexity index is 707. The number of nitro groups is 1. The number of nitrogens with one attached hydrogen (secondary N) is 1. The molecule has 0 amide bonds. The van der Waals surface area contributed by atoms with Gasteiger partial charge in [-0.2, -0.15) is 0 Å². The number of likely N-dealkylation sites (tertiary alicyclic amines) is 1. The minimum Gasteiger partial charge on any atom is -0.375 e. The van der Waals surface area contributed by atoms with Crippen LogP contribution in [0.25, 0.3) is 10.9 Å². The molecule has 21 heavy (non-hydrogen) atoms. The standard InChI is InChI=1S/C14H15FN4O2/c1-18-5-4-10(8-18)17-14-11-6-9(15)2-3-12(11)16-7-13(14)19(20)21/h2-3,6-7,10H,4-5,8H2,1H3,(H,16,17)/t10-/m1/s1. The number of benzene rings is 1. The molecular formula is C14H15FN4O2. The summed E-state index contributed by atoms with van der Waals surface area (Å²) in [7, 11) is 2.00. The van der Waals surface area contributed by atoms with Crippen molar-refractivity contribution in [2.24, 2.45) is 0 Å². The first kappa shape index (κ1) is 13.7. The number of aromatic nitrogens is 1. The fourth-order valence-electron chi connectivity index (χ4n) is 2.70. The Balaban J connectivity index is 2.09. The molecule has 0 aliphatic carbocycles. The van der Waals surface area contributed by atoms with E-state index in [2.05, 4.69) is 15.2 Å². The van der Waals surface area contributed by atoms with Crippen LogP contribution in [-0.4, -0.2) is 41.0 Å². The minimum absolute atomic E-state index is 0.113. The molecule has 0 bridgehead atoms. The van der Waals surface area contributed by atoms with E-state index in [0.29, 0.717) is 16.6 Å². The van der Waals surface area contributed by atoms with Gasteiger partial charge in [-0.3, -0.25) is 10.1 Å². The van der Waals surface area contributed by atoms with Crippen LogP contribution >= 0.6 is 0 Å². The van der Waals surface area contributed by atoms with E-state index >= 15 is 0 Å². The van der Waals surface area contributed by atoms with Crippen molar-refractivity contribution in [1.82, 2.24) is 9.88 Å². The van der Waals surface area contributed by atoms with Gasteiger partial charge < -0.3 is 10.2 Å². The molecule has 110 valence electrons. The lowest BCUT2D eigenvalue weighted by Crippen LogP contribution is -2.24. The lowest BCUT2D eigenvalue weighted by atomic mass is 10.1. The van der Waals surface area contributed by atoms with E-state index in [9.17, 15) is 14.5 Å². The molecular weight excluding hydrogens is 275 g/mol. The van der Waals surface area contributed by atoms with E-state index in [-0.39, 0.29) is 11.7 Å².